The number of rotatable bonds is 12. The highest BCUT2D eigenvalue weighted by Gasteiger charge is 2.21. The van der Waals surface area contributed by atoms with Crippen molar-refractivity contribution in [3.8, 4) is 5.75 Å². The van der Waals surface area contributed by atoms with Crippen LogP contribution < -0.4 is 4.74 Å². The summed E-state index contributed by atoms with van der Waals surface area (Å²) in [6.07, 6.45) is 4.56. The van der Waals surface area contributed by atoms with E-state index < -0.39 is 5.60 Å². The van der Waals surface area contributed by atoms with Crippen molar-refractivity contribution < 1.29 is 20.1 Å². The highest BCUT2D eigenvalue weighted by molar-refractivity contribution is 5.32. The van der Waals surface area contributed by atoms with E-state index >= 15 is 0 Å². The Balaban J connectivity index is 1.86. The second kappa shape index (κ2) is 11.3. The van der Waals surface area contributed by atoms with E-state index in [1.54, 1.807) is 0 Å². The van der Waals surface area contributed by atoms with Crippen molar-refractivity contribution in [2.24, 2.45) is 0 Å². The molecule has 2 aromatic rings. The van der Waals surface area contributed by atoms with E-state index in [1.807, 2.05) is 30.3 Å². The van der Waals surface area contributed by atoms with Gasteiger partial charge in [0.25, 0.3) is 0 Å². The SMILES string of the molecule is CCC(O)(CC)CCCC(C)c1ccc(OCc2ccc(CO)c(CO)c2)cc1. The van der Waals surface area contributed by atoms with Gasteiger partial charge < -0.3 is 20.1 Å². The lowest BCUT2D eigenvalue weighted by atomic mass is 9.88. The summed E-state index contributed by atoms with van der Waals surface area (Å²) in [5.41, 5.74) is 3.20. The van der Waals surface area contributed by atoms with E-state index in [0.29, 0.717) is 12.5 Å². The van der Waals surface area contributed by atoms with Crippen molar-refractivity contribution >= 4 is 0 Å². The monoisotopic (exact) mass is 400 g/mol. The van der Waals surface area contributed by atoms with Crippen LogP contribution >= 0.6 is 0 Å². The predicted octanol–water partition coefficient (Wildman–Crippen LogP) is 5.08. The molecule has 0 spiro atoms. The number of ether oxygens (including phenoxy) is 1. The van der Waals surface area contributed by atoms with Crippen LogP contribution in [0, 0.1) is 0 Å². The number of hydrogen-bond donors (Lipinski definition) is 3. The van der Waals surface area contributed by atoms with Crippen LogP contribution in [0.4, 0.5) is 0 Å². The van der Waals surface area contributed by atoms with Gasteiger partial charge in [0.15, 0.2) is 0 Å². The smallest absolute Gasteiger partial charge is 0.119 e. The third-order valence-electron chi connectivity index (χ3n) is 6.06. The molecule has 0 aliphatic carbocycles. The van der Waals surface area contributed by atoms with E-state index in [-0.39, 0.29) is 13.2 Å². The van der Waals surface area contributed by atoms with Gasteiger partial charge in [-0.1, -0.05) is 45.0 Å². The Morgan fingerprint density at radius 3 is 2.17 bits per heavy atom. The average Bonchev–Trinajstić information content (AvgIpc) is 2.77. The lowest BCUT2D eigenvalue weighted by molar-refractivity contribution is 0.0209. The Kier molecular flexibility index (Phi) is 9.15. The molecule has 0 bridgehead atoms. The van der Waals surface area contributed by atoms with E-state index in [2.05, 4.69) is 32.9 Å². The molecule has 0 saturated heterocycles. The average molecular weight is 401 g/mol. The molecule has 0 aliphatic rings. The summed E-state index contributed by atoms with van der Waals surface area (Å²) in [5, 5.41) is 29.1. The first-order valence-electron chi connectivity index (χ1n) is 10.7. The molecule has 0 aliphatic heterocycles. The van der Waals surface area contributed by atoms with E-state index in [1.165, 1.54) is 5.56 Å². The summed E-state index contributed by atoms with van der Waals surface area (Å²) >= 11 is 0. The molecule has 4 heteroatoms. The summed E-state index contributed by atoms with van der Waals surface area (Å²) in [7, 11) is 0. The van der Waals surface area contributed by atoms with Crippen molar-refractivity contribution in [2.45, 2.75) is 84.2 Å². The summed E-state index contributed by atoms with van der Waals surface area (Å²) in [6.45, 7) is 6.58. The molecule has 0 radical (unpaired) electrons. The molecule has 0 aromatic heterocycles. The van der Waals surface area contributed by atoms with Gasteiger partial charge in [-0.3, -0.25) is 0 Å². The van der Waals surface area contributed by atoms with Crippen LogP contribution in [-0.4, -0.2) is 20.9 Å². The second-order valence-electron chi connectivity index (χ2n) is 8.00. The zero-order chi connectivity index (χ0) is 21.3. The normalized spacial score (nSPS) is 12.8. The Morgan fingerprint density at radius 2 is 1.59 bits per heavy atom. The minimum atomic E-state index is -0.511. The summed E-state index contributed by atoms with van der Waals surface area (Å²) < 4.78 is 5.88. The third kappa shape index (κ3) is 6.84. The molecule has 2 aromatic carbocycles. The fourth-order valence-electron chi connectivity index (χ4n) is 3.64. The van der Waals surface area contributed by atoms with Gasteiger partial charge in [-0.15, -0.1) is 0 Å². The van der Waals surface area contributed by atoms with Crippen LogP contribution in [0.15, 0.2) is 42.5 Å². The zero-order valence-corrected chi connectivity index (χ0v) is 18.0. The Bertz CT molecular complexity index is 735. The van der Waals surface area contributed by atoms with Gasteiger partial charge >= 0.3 is 0 Å². The number of aliphatic hydroxyl groups is 3. The zero-order valence-electron chi connectivity index (χ0n) is 18.0. The molecular weight excluding hydrogens is 364 g/mol. The van der Waals surface area contributed by atoms with Crippen LogP contribution in [0.3, 0.4) is 0 Å². The number of benzene rings is 2. The minimum absolute atomic E-state index is 0.0765. The molecular formula is C25H36O4. The van der Waals surface area contributed by atoms with Crippen molar-refractivity contribution in [2.75, 3.05) is 0 Å². The van der Waals surface area contributed by atoms with Crippen LogP contribution in [-0.2, 0) is 19.8 Å². The summed E-state index contributed by atoms with van der Waals surface area (Å²) in [6, 6.07) is 13.8. The molecule has 3 N–H and O–H groups in total. The second-order valence-corrected chi connectivity index (χ2v) is 8.00. The number of hydrogen-bond acceptors (Lipinski definition) is 4. The molecule has 0 fully saturated rings. The molecule has 1 atom stereocenters. The van der Waals surface area contributed by atoms with Crippen LogP contribution in [0.5, 0.6) is 5.75 Å². The van der Waals surface area contributed by atoms with Crippen molar-refractivity contribution in [1.29, 1.82) is 0 Å². The Hall–Kier alpha value is -1.88. The fourth-order valence-corrected chi connectivity index (χ4v) is 3.64. The van der Waals surface area contributed by atoms with Gasteiger partial charge in [0.1, 0.15) is 12.4 Å². The molecule has 160 valence electrons. The highest BCUT2D eigenvalue weighted by Crippen LogP contribution is 2.28. The molecule has 0 heterocycles. The van der Waals surface area contributed by atoms with E-state index in [0.717, 1.165) is 54.5 Å². The summed E-state index contributed by atoms with van der Waals surface area (Å²) in [5.74, 6) is 1.25. The van der Waals surface area contributed by atoms with Gasteiger partial charge in [-0.05, 0) is 78.5 Å². The maximum Gasteiger partial charge on any atom is 0.119 e. The molecule has 0 saturated carbocycles. The molecule has 4 nitrogen and oxygen atoms in total. The molecule has 1 unspecified atom stereocenters. The largest absolute Gasteiger partial charge is 0.489 e. The van der Waals surface area contributed by atoms with Crippen LogP contribution in [0.1, 0.15) is 81.0 Å². The Labute approximate surface area is 175 Å². The first-order chi connectivity index (χ1) is 13.9. The van der Waals surface area contributed by atoms with Gasteiger partial charge in [-0.25, -0.2) is 0 Å². The van der Waals surface area contributed by atoms with Crippen molar-refractivity contribution in [3.05, 3.63) is 64.7 Å². The molecule has 29 heavy (non-hydrogen) atoms. The lowest BCUT2D eigenvalue weighted by Crippen LogP contribution is -2.26. The van der Waals surface area contributed by atoms with Gasteiger partial charge in [-0.2, -0.15) is 0 Å². The fraction of sp³-hybridized carbons (Fsp3) is 0.520. The van der Waals surface area contributed by atoms with E-state index in [4.69, 9.17) is 4.74 Å². The van der Waals surface area contributed by atoms with Crippen LogP contribution in [0.25, 0.3) is 0 Å². The van der Waals surface area contributed by atoms with Crippen molar-refractivity contribution in [1.82, 2.24) is 0 Å². The Morgan fingerprint density at radius 1 is 0.931 bits per heavy atom. The van der Waals surface area contributed by atoms with Gasteiger partial charge in [0.2, 0.25) is 0 Å². The lowest BCUT2D eigenvalue weighted by Gasteiger charge is -2.25. The third-order valence-corrected chi connectivity index (χ3v) is 6.06. The quantitative estimate of drug-likeness (QED) is 0.465. The molecule has 0 amide bonds. The van der Waals surface area contributed by atoms with Crippen molar-refractivity contribution in [3.63, 3.8) is 0 Å². The molecule has 2 rings (SSSR count). The van der Waals surface area contributed by atoms with Gasteiger partial charge in [0, 0.05) is 0 Å². The predicted molar refractivity (Wildman–Crippen MR) is 117 cm³/mol. The number of aliphatic hydroxyl groups excluding tert-OH is 2. The highest BCUT2D eigenvalue weighted by atomic mass is 16.5. The standard InChI is InChI=1S/C25H36O4/c1-4-25(28,5-2)14-6-7-19(3)21-10-12-24(13-11-21)29-18-20-8-9-22(16-26)23(15-20)17-27/h8-13,15,19,26-28H,4-7,14,16-18H2,1-3H3. The van der Waals surface area contributed by atoms with Crippen LogP contribution in [0.2, 0.25) is 0 Å². The van der Waals surface area contributed by atoms with Gasteiger partial charge in [0.05, 0.1) is 18.8 Å². The topological polar surface area (TPSA) is 69.9 Å². The first-order valence-corrected chi connectivity index (χ1v) is 10.7. The maximum absolute atomic E-state index is 10.4. The summed E-state index contributed by atoms with van der Waals surface area (Å²) in [4.78, 5) is 0. The maximum atomic E-state index is 10.4. The minimum Gasteiger partial charge on any atom is -0.489 e. The first kappa shape index (κ1) is 23.4. The van der Waals surface area contributed by atoms with E-state index in [9.17, 15) is 15.3 Å².